The molecule has 0 aliphatic carbocycles. The number of aromatic nitrogens is 3. The minimum atomic E-state index is -6.09. The van der Waals surface area contributed by atoms with E-state index in [0.717, 1.165) is 0 Å². The lowest BCUT2D eigenvalue weighted by Gasteiger charge is -2.16. The fourth-order valence-electron chi connectivity index (χ4n) is 3.66. The molecular formula is C31H22Cl6F3N3O4S2. The first-order chi connectivity index (χ1) is 22.8. The van der Waals surface area contributed by atoms with Crippen molar-refractivity contribution in [2.45, 2.75) is 27.8 Å². The van der Waals surface area contributed by atoms with Crippen molar-refractivity contribution < 1.29 is 30.9 Å². The van der Waals surface area contributed by atoms with Crippen molar-refractivity contribution in [1.82, 2.24) is 15.0 Å². The monoisotopic (exact) mass is 831 g/mol. The quantitative estimate of drug-likeness (QED) is 0.0752. The van der Waals surface area contributed by atoms with Gasteiger partial charge in [-0.1, -0.05) is 136 Å². The molecule has 0 spiro atoms. The van der Waals surface area contributed by atoms with Gasteiger partial charge in [-0.05, 0) is 48.5 Å². The van der Waals surface area contributed by atoms with E-state index in [4.69, 9.17) is 87.3 Å². The van der Waals surface area contributed by atoms with Gasteiger partial charge in [0.1, 0.15) is 5.75 Å². The number of benzene rings is 4. The maximum absolute atomic E-state index is 10.7. The van der Waals surface area contributed by atoms with Crippen LogP contribution in [0, 0.1) is 0 Å². The largest absolute Gasteiger partial charge is 0.741 e. The highest BCUT2D eigenvalue weighted by atomic mass is 35.6. The van der Waals surface area contributed by atoms with Crippen LogP contribution in [-0.4, -0.2) is 40.5 Å². The topological polar surface area (TPSA) is 105 Å². The number of alkyl halides is 9. The average Bonchev–Trinajstić information content (AvgIpc) is 3.05. The summed E-state index contributed by atoms with van der Waals surface area (Å²) in [4.78, 5) is 16.2. The second kappa shape index (κ2) is 17.6. The first kappa shape index (κ1) is 40.9. The molecule has 0 saturated carbocycles. The maximum atomic E-state index is 10.7. The summed E-state index contributed by atoms with van der Waals surface area (Å²) >= 11 is 35.0. The molecule has 0 bridgehead atoms. The molecule has 0 atom stereocenters. The summed E-state index contributed by atoms with van der Waals surface area (Å²) in [6, 6.07) is 39.2. The standard InChI is InChI=1S/C18H15S.C12H7Cl6N3O.CHF3O3S/c1-4-10-16(11-5-1)19(17-12-6-2-7-13-17)18-14-8-3-9-15-18;1-22-7-5-3-2-4-6(7)8-19-9(11(13,14)15)21-10(20-8)12(16,17)18;2-1(3,4)8(5,6)7/h1-15H;2-5H,1H3;(H,5,6,7)/q+1;;/p-1. The summed E-state index contributed by atoms with van der Waals surface area (Å²) < 4.78 is 60.4. The van der Waals surface area contributed by atoms with Crippen molar-refractivity contribution in [3.63, 3.8) is 0 Å². The van der Waals surface area contributed by atoms with E-state index in [-0.39, 0.29) is 28.4 Å². The fourth-order valence-corrected chi connectivity index (χ4v) is 6.27. The van der Waals surface area contributed by atoms with Gasteiger partial charge in [-0.3, -0.25) is 0 Å². The van der Waals surface area contributed by atoms with E-state index in [0.29, 0.717) is 11.3 Å². The van der Waals surface area contributed by atoms with Gasteiger partial charge in [0.25, 0.3) is 0 Å². The van der Waals surface area contributed by atoms with Crippen LogP contribution in [0.15, 0.2) is 130 Å². The first-order valence-electron chi connectivity index (χ1n) is 13.3. The predicted octanol–water partition coefficient (Wildman–Crippen LogP) is 10.0. The zero-order valence-corrected chi connectivity index (χ0v) is 30.8. The summed E-state index contributed by atoms with van der Waals surface area (Å²) in [5.74, 6) is 0.360. The number of hydrogen-bond donors (Lipinski definition) is 0. The molecule has 0 amide bonds. The minimum absolute atomic E-state index is 0.0146. The van der Waals surface area contributed by atoms with Gasteiger partial charge in [-0.15, -0.1) is 0 Å². The molecule has 0 aliphatic rings. The second-order valence-corrected chi connectivity index (χ2v) is 17.1. The Morgan fingerprint density at radius 1 is 0.612 bits per heavy atom. The van der Waals surface area contributed by atoms with E-state index in [1.165, 1.54) is 21.8 Å². The van der Waals surface area contributed by atoms with Gasteiger partial charge in [0, 0.05) is 0 Å². The van der Waals surface area contributed by atoms with Gasteiger partial charge >= 0.3 is 5.51 Å². The summed E-state index contributed by atoms with van der Waals surface area (Å²) in [7, 11) is -4.60. The molecule has 1 heterocycles. The first-order valence-corrected chi connectivity index (χ1v) is 18.2. The van der Waals surface area contributed by atoms with E-state index in [2.05, 4.69) is 106 Å². The smallest absolute Gasteiger partial charge is 0.485 e. The average molecular weight is 834 g/mol. The highest BCUT2D eigenvalue weighted by Crippen LogP contribution is 2.41. The van der Waals surface area contributed by atoms with Crippen LogP contribution < -0.4 is 4.74 Å². The molecule has 0 saturated heterocycles. The second-order valence-electron chi connectivity index (χ2n) is 9.15. The summed E-state index contributed by atoms with van der Waals surface area (Å²) in [6.45, 7) is 0. The van der Waals surface area contributed by atoms with Crippen LogP contribution in [0.5, 0.6) is 5.75 Å². The zero-order valence-electron chi connectivity index (χ0n) is 24.7. The number of ether oxygens (including phenoxy) is 1. The molecular weight excluding hydrogens is 812 g/mol. The van der Waals surface area contributed by atoms with Gasteiger partial charge in [0.15, 0.2) is 42.3 Å². The molecule has 0 radical (unpaired) electrons. The number of hydrogen-bond acceptors (Lipinski definition) is 7. The third-order valence-corrected chi connectivity index (χ3v) is 9.52. The third kappa shape index (κ3) is 12.3. The summed E-state index contributed by atoms with van der Waals surface area (Å²) in [5.41, 5.74) is -5.11. The highest BCUT2D eigenvalue weighted by Gasteiger charge is 2.37. The van der Waals surface area contributed by atoms with Crippen LogP contribution in [0.2, 0.25) is 0 Å². The van der Waals surface area contributed by atoms with Gasteiger partial charge in [-0.25, -0.2) is 23.4 Å². The number of para-hydroxylation sites is 1. The Bertz CT molecular complexity index is 1780. The fraction of sp³-hybridized carbons (Fsp3) is 0.129. The molecule has 5 rings (SSSR count). The summed E-state index contributed by atoms with van der Waals surface area (Å²) in [6.07, 6.45) is 0. The normalized spacial score (nSPS) is 11.9. The lowest BCUT2D eigenvalue weighted by molar-refractivity contribution is -0.0517. The lowest BCUT2D eigenvalue weighted by Crippen LogP contribution is -2.21. The Kier molecular flexibility index (Phi) is 14.7. The Labute approximate surface area is 313 Å². The van der Waals surface area contributed by atoms with E-state index in [1.54, 1.807) is 24.3 Å². The van der Waals surface area contributed by atoms with E-state index < -0.39 is 23.2 Å². The Hall–Kier alpha value is -2.52. The Morgan fingerprint density at radius 3 is 1.24 bits per heavy atom. The van der Waals surface area contributed by atoms with Crippen LogP contribution in [0.3, 0.4) is 0 Å². The van der Waals surface area contributed by atoms with Crippen LogP contribution in [0.1, 0.15) is 11.6 Å². The molecule has 49 heavy (non-hydrogen) atoms. The number of methoxy groups -OCH3 is 1. The van der Waals surface area contributed by atoms with Crippen molar-refractivity contribution >= 4 is 90.6 Å². The lowest BCUT2D eigenvalue weighted by atomic mass is 10.2. The molecule has 260 valence electrons. The molecule has 0 N–H and O–H groups in total. The van der Waals surface area contributed by atoms with Gasteiger partial charge in [-0.2, -0.15) is 13.2 Å². The summed E-state index contributed by atoms with van der Waals surface area (Å²) in [5, 5.41) is 0. The van der Waals surface area contributed by atoms with E-state index in [1.807, 2.05) is 0 Å². The van der Waals surface area contributed by atoms with Crippen LogP contribution in [0.25, 0.3) is 11.4 Å². The molecule has 1 aromatic heterocycles. The molecule has 5 aromatic rings. The van der Waals surface area contributed by atoms with Crippen molar-refractivity contribution in [1.29, 1.82) is 0 Å². The highest BCUT2D eigenvalue weighted by molar-refractivity contribution is 7.97. The predicted molar refractivity (Wildman–Crippen MR) is 188 cm³/mol. The minimum Gasteiger partial charge on any atom is -0.741 e. The SMILES string of the molecule is COc1ccccc1-c1nc(C(Cl)(Cl)Cl)nc(C(Cl)(Cl)Cl)n1.O=S(=O)([O-])C(F)(F)F.c1ccc([S+](c2ccccc2)c2ccccc2)cc1. The molecule has 18 heteroatoms. The van der Waals surface area contributed by atoms with Gasteiger partial charge in [0.05, 0.1) is 23.6 Å². The van der Waals surface area contributed by atoms with Gasteiger partial charge < -0.3 is 9.29 Å². The Balaban J connectivity index is 0.000000220. The van der Waals surface area contributed by atoms with Crippen LogP contribution in [0.4, 0.5) is 13.2 Å². The van der Waals surface area contributed by atoms with Gasteiger partial charge in [0.2, 0.25) is 7.59 Å². The number of rotatable bonds is 5. The maximum Gasteiger partial charge on any atom is 0.485 e. The molecule has 0 aliphatic heterocycles. The van der Waals surface area contributed by atoms with E-state index >= 15 is 0 Å². The number of halogens is 9. The van der Waals surface area contributed by atoms with E-state index in [9.17, 15) is 13.2 Å². The zero-order chi connectivity index (χ0) is 36.5. The Morgan fingerprint density at radius 2 is 0.939 bits per heavy atom. The van der Waals surface area contributed by atoms with Crippen LogP contribution in [-0.2, 0) is 28.6 Å². The van der Waals surface area contributed by atoms with Crippen molar-refractivity contribution in [3.8, 4) is 17.1 Å². The van der Waals surface area contributed by atoms with Crippen molar-refractivity contribution in [3.05, 3.63) is 127 Å². The molecule has 7 nitrogen and oxygen atoms in total. The van der Waals surface area contributed by atoms with Crippen molar-refractivity contribution in [2.24, 2.45) is 0 Å². The number of nitrogens with zero attached hydrogens (tertiary/aromatic N) is 3. The molecule has 0 unspecified atom stereocenters. The third-order valence-electron chi connectivity index (χ3n) is 5.71. The molecule has 0 fully saturated rings. The molecule has 4 aromatic carbocycles. The van der Waals surface area contributed by atoms with Crippen LogP contribution >= 0.6 is 69.6 Å². The van der Waals surface area contributed by atoms with Crippen molar-refractivity contribution in [2.75, 3.05) is 7.11 Å².